The fourth-order valence-corrected chi connectivity index (χ4v) is 2.00. The van der Waals surface area contributed by atoms with E-state index >= 15 is 0 Å². The van der Waals surface area contributed by atoms with Crippen LogP contribution < -0.4 is 4.90 Å². The van der Waals surface area contributed by atoms with Crippen molar-refractivity contribution < 1.29 is 9.90 Å². The standard InChI is InChI=1S/C14H23N3O2/c1-4-16(5-2)14(19)13-11-12(7-8-15-13)17(6-3)9-10-18/h7-8,11,18H,4-6,9-10H2,1-3H3. The molecule has 1 amide bonds. The molecule has 0 aliphatic rings. The number of aliphatic hydroxyl groups is 1. The summed E-state index contributed by atoms with van der Waals surface area (Å²) in [5.74, 6) is -0.0492. The minimum absolute atomic E-state index is 0.0492. The summed E-state index contributed by atoms with van der Waals surface area (Å²) in [6.45, 7) is 8.70. The van der Waals surface area contributed by atoms with Crippen LogP contribution in [0.4, 0.5) is 5.69 Å². The van der Waals surface area contributed by atoms with Crippen LogP contribution in [0.25, 0.3) is 0 Å². The molecule has 1 aromatic rings. The lowest BCUT2D eigenvalue weighted by molar-refractivity contribution is 0.0767. The second kappa shape index (κ2) is 7.74. The minimum atomic E-state index is -0.0492. The lowest BCUT2D eigenvalue weighted by Crippen LogP contribution is -2.31. The van der Waals surface area contributed by atoms with E-state index in [2.05, 4.69) is 4.98 Å². The van der Waals surface area contributed by atoms with Gasteiger partial charge in [-0.2, -0.15) is 0 Å². The number of anilines is 1. The lowest BCUT2D eigenvalue weighted by atomic mass is 10.2. The predicted molar refractivity (Wildman–Crippen MR) is 76.5 cm³/mol. The molecule has 5 heteroatoms. The molecule has 0 saturated heterocycles. The molecule has 1 aromatic heterocycles. The number of hydrogen-bond acceptors (Lipinski definition) is 4. The third-order valence-corrected chi connectivity index (χ3v) is 3.13. The second-order valence-electron chi connectivity index (χ2n) is 4.18. The van der Waals surface area contributed by atoms with Crippen molar-refractivity contribution in [2.75, 3.05) is 37.7 Å². The SMILES string of the molecule is CCN(CC)C(=O)c1cc(N(CC)CCO)ccn1. The highest BCUT2D eigenvalue weighted by atomic mass is 16.3. The smallest absolute Gasteiger partial charge is 0.272 e. The zero-order chi connectivity index (χ0) is 14.3. The van der Waals surface area contributed by atoms with Crippen LogP contribution in [0.15, 0.2) is 18.3 Å². The van der Waals surface area contributed by atoms with Gasteiger partial charge in [-0.05, 0) is 32.9 Å². The van der Waals surface area contributed by atoms with E-state index in [-0.39, 0.29) is 12.5 Å². The van der Waals surface area contributed by atoms with E-state index in [4.69, 9.17) is 5.11 Å². The van der Waals surface area contributed by atoms with Crippen LogP contribution in [0.5, 0.6) is 0 Å². The minimum Gasteiger partial charge on any atom is -0.395 e. The molecule has 0 bridgehead atoms. The van der Waals surface area contributed by atoms with E-state index in [9.17, 15) is 4.79 Å². The first-order valence-corrected chi connectivity index (χ1v) is 6.78. The number of pyridine rings is 1. The summed E-state index contributed by atoms with van der Waals surface area (Å²) in [6, 6.07) is 3.65. The Balaban J connectivity index is 2.95. The van der Waals surface area contributed by atoms with E-state index in [0.29, 0.717) is 25.3 Å². The van der Waals surface area contributed by atoms with Crippen LogP contribution in [0.2, 0.25) is 0 Å². The Hall–Kier alpha value is -1.62. The van der Waals surface area contributed by atoms with E-state index in [1.54, 1.807) is 17.2 Å². The second-order valence-corrected chi connectivity index (χ2v) is 4.18. The average molecular weight is 265 g/mol. The van der Waals surface area contributed by atoms with Crippen LogP contribution in [-0.4, -0.2) is 53.7 Å². The Labute approximate surface area is 114 Å². The van der Waals surface area contributed by atoms with Crippen molar-refractivity contribution in [3.05, 3.63) is 24.0 Å². The summed E-state index contributed by atoms with van der Waals surface area (Å²) in [4.78, 5) is 20.1. The van der Waals surface area contributed by atoms with Gasteiger partial charge in [0.2, 0.25) is 0 Å². The highest BCUT2D eigenvalue weighted by molar-refractivity contribution is 5.93. The van der Waals surface area contributed by atoms with Crippen molar-refractivity contribution in [1.29, 1.82) is 0 Å². The number of aliphatic hydroxyl groups excluding tert-OH is 1. The third kappa shape index (κ3) is 3.92. The van der Waals surface area contributed by atoms with Gasteiger partial charge in [0.05, 0.1) is 6.61 Å². The van der Waals surface area contributed by atoms with Crippen LogP contribution in [0.1, 0.15) is 31.3 Å². The van der Waals surface area contributed by atoms with Crippen LogP contribution >= 0.6 is 0 Å². The maximum Gasteiger partial charge on any atom is 0.272 e. The molecule has 0 aliphatic heterocycles. The molecule has 0 unspecified atom stereocenters. The molecule has 0 radical (unpaired) electrons. The molecule has 19 heavy (non-hydrogen) atoms. The molecule has 5 nitrogen and oxygen atoms in total. The molecule has 0 aromatic carbocycles. The number of amides is 1. The lowest BCUT2D eigenvalue weighted by Gasteiger charge is -2.23. The van der Waals surface area contributed by atoms with Crippen LogP contribution in [0, 0.1) is 0 Å². The number of aromatic nitrogens is 1. The Bertz CT molecular complexity index is 405. The summed E-state index contributed by atoms with van der Waals surface area (Å²) in [5.41, 5.74) is 1.37. The summed E-state index contributed by atoms with van der Waals surface area (Å²) >= 11 is 0. The molecule has 1 heterocycles. The highest BCUT2D eigenvalue weighted by Gasteiger charge is 2.15. The topological polar surface area (TPSA) is 56.7 Å². The number of carbonyl (C=O) groups excluding carboxylic acids is 1. The van der Waals surface area contributed by atoms with Gasteiger partial charge in [-0.3, -0.25) is 9.78 Å². The zero-order valence-corrected chi connectivity index (χ0v) is 12.0. The fourth-order valence-electron chi connectivity index (χ4n) is 2.00. The maximum absolute atomic E-state index is 12.2. The highest BCUT2D eigenvalue weighted by Crippen LogP contribution is 2.15. The third-order valence-electron chi connectivity index (χ3n) is 3.13. The number of likely N-dealkylation sites (N-methyl/N-ethyl adjacent to an activating group) is 1. The average Bonchev–Trinajstić information content (AvgIpc) is 2.46. The van der Waals surface area contributed by atoms with Crippen molar-refractivity contribution in [3.63, 3.8) is 0 Å². The molecule has 1 N–H and O–H groups in total. The van der Waals surface area contributed by atoms with Crippen LogP contribution in [-0.2, 0) is 0 Å². The number of rotatable bonds is 7. The van der Waals surface area contributed by atoms with Gasteiger partial charge in [0, 0.05) is 38.1 Å². The largest absolute Gasteiger partial charge is 0.395 e. The molecule has 106 valence electrons. The summed E-state index contributed by atoms with van der Waals surface area (Å²) in [6.07, 6.45) is 1.64. The van der Waals surface area contributed by atoms with E-state index in [0.717, 1.165) is 12.2 Å². The Kier molecular flexibility index (Phi) is 6.29. The van der Waals surface area contributed by atoms with Gasteiger partial charge in [0.25, 0.3) is 5.91 Å². The van der Waals surface area contributed by atoms with Gasteiger partial charge in [-0.15, -0.1) is 0 Å². The Morgan fingerprint density at radius 2 is 1.95 bits per heavy atom. The molecule has 0 saturated carbocycles. The van der Waals surface area contributed by atoms with Crippen LogP contribution in [0.3, 0.4) is 0 Å². The van der Waals surface area contributed by atoms with Crippen molar-refractivity contribution in [1.82, 2.24) is 9.88 Å². The molecule has 0 spiro atoms. The van der Waals surface area contributed by atoms with E-state index < -0.39 is 0 Å². The molecule has 0 fully saturated rings. The Morgan fingerprint density at radius 3 is 2.47 bits per heavy atom. The van der Waals surface area contributed by atoms with Crippen molar-refractivity contribution in [2.45, 2.75) is 20.8 Å². The summed E-state index contributed by atoms with van der Waals surface area (Å²) < 4.78 is 0. The van der Waals surface area contributed by atoms with Gasteiger partial charge in [-0.1, -0.05) is 0 Å². The van der Waals surface area contributed by atoms with Crippen molar-refractivity contribution >= 4 is 11.6 Å². The monoisotopic (exact) mass is 265 g/mol. The quantitative estimate of drug-likeness (QED) is 0.809. The zero-order valence-electron chi connectivity index (χ0n) is 12.0. The number of nitrogens with zero attached hydrogens (tertiary/aromatic N) is 3. The maximum atomic E-state index is 12.2. The fraction of sp³-hybridized carbons (Fsp3) is 0.571. The first-order chi connectivity index (χ1) is 9.17. The van der Waals surface area contributed by atoms with E-state index in [1.165, 1.54) is 0 Å². The van der Waals surface area contributed by atoms with Gasteiger partial charge in [0.15, 0.2) is 0 Å². The van der Waals surface area contributed by atoms with Gasteiger partial charge < -0.3 is 14.9 Å². The predicted octanol–water partition coefficient (Wildman–Crippen LogP) is 1.38. The van der Waals surface area contributed by atoms with Gasteiger partial charge >= 0.3 is 0 Å². The molecule has 1 rings (SSSR count). The summed E-state index contributed by atoms with van der Waals surface area (Å²) in [7, 11) is 0. The van der Waals surface area contributed by atoms with Crippen molar-refractivity contribution in [2.24, 2.45) is 0 Å². The normalized spacial score (nSPS) is 10.3. The molecular weight excluding hydrogens is 242 g/mol. The van der Waals surface area contributed by atoms with E-state index in [1.807, 2.05) is 31.7 Å². The molecular formula is C14H23N3O2. The van der Waals surface area contributed by atoms with Gasteiger partial charge in [-0.25, -0.2) is 0 Å². The Morgan fingerprint density at radius 1 is 1.26 bits per heavy atom. The number of carbonyl (C=O) groups is 1. The first kappa shape index (κ1) is 15.4. The number of hydrogen-bond donors (Lipinski definition) is 1. The first-order valence-electron chi connectivity index (χ1n) is 6.78. The summed E-state index contributed by atoms with van der Waals surface area (Å²) in [5, 5.41) is 9.04. The van der Waals surface area contributed by atoms with Crippen molar-refractivity contribution in [3.8, 4) is 0 Å². The molecule has 0 aliphatic carbocycles. The van der Waals surface area contributed by atoms with Gasteiger partial charge in [0.1, 0.15) is 5.69 Å². The molecule has 0 atom stereocenters.